The first kappa shape index (κ1) is 19.0. The van der Waals surface area contributed by atoms with Crippen LogP contribution in [0.4, 0.5) is 0 Å². The van der Waals surface area contributed by atoms with Gasteiger partial charge in [0.15, 0.2) is 5.69 Å². The van der Waals surface area contributed by atoms with Crippen molar-refractivity contribution in [3.8, 4) is 11.3 Å². The molecule has 0 aliphatic rings. The average molecular weight is 378 g/mol. The quantitative estimate of drug-likeness (QED) is 0.599. The van der Waals surface area contributed by atoms with Crippen molar-refractivity contribution < 1.29 is 18.9 Å². The molecule has 0 fully saturated rings. The van der Waals surface area contributed by atoms with Crippen LogP contribution in [0.1, 0.15) is 21.8 Å². The van der Waals surface area contributed by atoms with Crippen molar-refractivity contribution in [2.24, 2.45) is 5.73 Å². The van der Waals surface area contributed by atoms with E-state index in [2.05, 4.69) is 15.5 Å². The Balaban J connectivity index is 1.89. The fraction of sp³-hybridized carbons (Fsp3) is 0.150. The number of benzene rings is 1. The summed E-state index contributed by atoms with van der Waals surface area (Å²) in [6.45, 7) is 1.66. The Morgan fingerprint density at radius 1 is 1.11 bits per heavy atom. The number of carbonyl (C=O) groups is 3. The first-order valence-corrected chi connectivity index (χ1v) is 8.53. The highest BCUT2D eigenvalue weighted by Crippen LogP contribution is 2.25. The number of aryl methyl sites for hydroxylation is 1. The lowest BCUT2D eigenvalue weighted by Crippen LogP contribution is -2.47. The van der Waals surface area contributed by atoms with E-state index < -0.39 is 23.6 Å². The van der Waals surface area contributed by atoms with Crippen LogP contribution in [-0.4, -0.2) is 33.8 Å². The summed E-state index contributed by atoms with van der Waals surface area (Å²) in [5.74, 6) is -2.27. The van der Waals surface area contributed by atoms with E-state index in [1.54, 1.807) is 55.6 Å². The molecule has 2 amide bonds. The standard InChI is InChI=1S/C20H18N4O4/c1-12-16(14-9-5-6-10-22-14)17(24-28-12)20(27)23-15(18(25)19(21)26)11-13-7-3-2-4-8-13/h2-10,15H,11H2,1H3,(H2,21,26)(H,23,27). The predicted octanol–water partition coefficient (Wildman–Crippen LogP) is 1.44. The summed E-state index contributed by atoms with van der Waals surface area (Å²) in [7, 11) is 0. The molecule has 3 aromatic rings. The lowest BCUT2D eigenvalue weighted by atomic mass is 10.0. The summed E-state index contributed by atoms with van der Waals surface area (Å²) in [4.78, 5) is 40.7. The molecule has 0 aliphatic carbocycles. The van der Waals surface area contributed by atoms with Crippen LogP contribution in [0.2, 0.25) is 0 Å². The number of primary amides is 1. The van der Waals surface area contributed by atoms with Gasteiger partial charge in [0.2, 0.25) is 5.78 Å². The maximum absolute atomic E-state index is 12.8. The molecule has 8 nitrogen and oxygen atoms in total. The van der Waals surface area contributed by atoms with Gasteiger partial charge in [0.1, 0.15) is 11.8 Å². The van der Waals surface area contributed by atoms with Crippen LogP contribution in [0.5, 0.6) is 0 Å². The number of Topliss-reactive ketones (excluding diaryl/α,β-unsaturated/α-hetero) is 1. The van der Waals surface area contributed by atoms with Gasteiger partial charge in [-0.25, -0.2) is 0 Å². The van der Waals surface area contributed by atoms with Crippen molar-refractivity contribution in [1.29, 1.82) is 0 Å². The largest absolute Gasteiger partial charge is 0.363 e. The summed E-state index contributed by atoms with van der Waals surface area (Å²) < 4.78 is 5.15. The van der Waals surface area contributed by atoms with Crippen molar-refractivity contribution in [3.05, 3.63) is 71.7 Å². The first-order valence-electron chi connectivity index (χ1n) is 8.53. The van der Waals surface area contributed by atoms with Crippen molar-refractivity contribution >= 4 is 17.6 Å². The molecule has 28 heavy (non-hydrogen) atoms. The van der Waals surface area contributed by atoms with Crippen molar-refractivity contribution in [1.82, 2.24) is 15.5 Å². The highest BCUT2D eigenvalue weighted by atomic mass is 16.5. The predicted molar refractivity (Wildman–Crippen MR) is 100 cm³/mol. The van der Waals surface area contributed by atoms with E-state index in [4.69, 9.17) is 10.3 Å². The monoisotopic (exact) mass is 378 g/mol. The summed E-state index contributed by atoms with van der Waals surface area (Å²) >= 11 is 0. The number of nitrogens with zero attached hydrogens (tertiary/aromatic N) is 2. The molecule has 0 bridgehead atoms. The molecule has 3 rings (SSSR count). The van der Waals surface area contributed by atoms with Crippen molar-refractivity contribution in [2.75, 3.05) is 0 Å². The van der Waals surface area contributed by atoms with E-state index in [0.717, 1.165) is 5.56 Å². The molecule has 0 aliphatic heterocycles. The van der Waals surface area contributed by atoms with E-state index >= 15 is 0 Å². The van der Waals surface area contributed by atoms with Gasteiger partial charge in [-0.05, 0) is 24.6 Å². The molecule has 142 valence electrons. The minimum Gasteiger partial charge on any atom is -0.363 e. The van der Waals surface area contributed by atoms with E-state index in [-0.39, 0.29) is 12.1 Å². The summed E-state index contributed by atoms with van der Waals surface area (Å²) in [6, 6.07) is 13.1. The molecule has 3 N–H and O–H groups in total. The molecule has 1 unspecified atom stereocenters. The molecule has 2 heterocycles. The molecule has 0 radical (unpaired) electrons. The van der Waals surface area contributed by atoms with Gasteiger partial charge in [0, 0.05) is 12.6 Å². The van der Waals surface area contributed by atoms with Gasteiger partial charge >= 0.3 is 0 Å². The Labute approximate surface area is 160 Å². The van der Waals surface area contributed by atoms with Crippen LogP contribution >= 0.6 is 0 Å². The van der Waals surface area contributed by atoms with Crippen LogP contribution in [-0.2, 0) is 16.0 Å². The minimum absolute atomic E-state index is 0.0217. The normalized spacial score (nSPS) is 11.6. The number of aromatic nitrogens is 2. The SMILES string of the molecule is Cc1onc(C(=O)NC(Cc2ccccc2)C(=O)C(N)=O)c1-c1ccccn1. The second-order valence-corrected chi connectivity index (χ2v) is 6.12. The van der Waals surface area contributed by atoms with Gasteiger partial charge in [-0.15, -0.1) is 0 Å². The average Bonchev–Trinajstić information content (AvgIpc) is 3.09. The lowest BCUT2D eigenvalue weighted by Gasteiger charge is -2.16. The van der Waals surface area contributed by atoms with Crippen LogP contribution < -0.4 is 11.1 Å². The summed E-state index contributed by atoms with van der Waals surface area (Å²) in [5, 5.41) is 6.35. The van der Waals surface area contributed by atoms with E-state index in [1.165, 1.54) is 0 Å². The van der Waals surface area contributed by atoms with Gasteiger partial charge in [-0.1, -0.05) is 41.6 Å². The van der Waals surface area contributed by atoms with Gasteiger partial charge in [-0.2, -0.15) is 0 Å². The second kappa shape index (κ2) is 8.26. The third-order valence-corrected chi connectivity index (χ3v) is 4.15. The number of nitrogens with one attached hydrogen (secondary N) is 1. The van der Waals surface area contributed by atoms with E-state index in [1.807, 2.05) is 6.07 Å². The fourth-order valence-electron chi connectivity index (χ4n) is 2.80. The Morgan fingerprint density at radius 2 is 1.82 bits per heavy atom. The second-order valence-electron chi connectivity index (χ2n) is 6.12. The minimum atomic E-state index is -1.12. The van der Waals surface area contributed by atoms with E-state index in [9.17, 15) is 14.4 Å². The maximum atomic E-state index is 12.8. The molecular formula is C20H18N4O4. The molecule has 8 heteroatoms. The zero-order valence-electron chi connectivity index (χ0n) is 15.1. The van der Waals surface area contributed by atoms with E-state index in [0.29, 0.717) is 17.0 Å². The van der Waals surface area contributed by atoms with Crippen LogP contribution in [0.15, 0.2) is 59.3 Å². The zero-order valence-corrected chi connectivity index (χ0v) is 15.1. The zero-order chi connectivity index (χ0) is 20.1. The van der Waals surface area contributed by atoms with Gasteiger partial charge in [0.05, 0.1) is 11.3 Å². The highest BCUT2D eigenvalue weighted by Gasteiger charge is 2.29. The molecule has 0 saturated carbocycles. The topological polar surface area (TPSA) is 128 Å². The van der Waals surface area contributed by atoms with Gasteiger partial charge in [0.25, 0.3) is 11.8 Å². The Bertz CT molecular complexity index is 1000. The van der Waals surface area contributed by atoms with Gasteiger partial charge in [-0.3, -0.25) is 19.4 Å². The molecule has 1 aromatic carbocycles. The smallest absolute Gasteiger partial charge is 0.287 e. The number of nitrogens with two attached hydrogens (primary N) is 1. The fourth-order valence-corrected chi connectivity index (χ4v) is 2.80. The molecule has 0 saturated heterocycles. The van der Waals surface area contributed by atoms with Crippen LogP contribution in [0.25, 0.3) is 11.3 Å². The van der Waals surface area contributed by atoms with Crippen LogP contribution in [0.3, 0.4) is 0 Å². The molecule has 2 aromatic heterocycles. The Morgan fingerprint density at radius 3 is 2.46 bits per heavy atom. The number of hydrogen-bond acceptors (Lipinski definition) is 6. The van der Waals surface area contributed by atoms with Gasteiger partial charge < -0.3 is 15.6 Å². The lowest BCUT2D eigenvalue weighted by molar-refractivity contribution is -0.137. The third-order valence-electron chi connectivity index (χ3n) is 4.15. The molecule has 0 spiro atoms. The summed E-state index contributed by atoms with van der Waals surface area (Å²) in [5.41, 5.74) is 6.82. The Kier molecular flexibility index (Phi) is 5.59. The van der Waals surface area contributed by atoms with Crippen molar-refractivity contribution in [3.63, 3.8) is 0 Å². The number of carbonyl (C=O) groups excluding carboxylic acids is 3. The van der Waals surface area contributed by atoms with Crippen molar-refractivity contribution in [2.45, 2.75) is 19.4 Å². The number of ketones is 1. The molecular weight excluding hydrogens is 360 g/mol. The number of amides is 2. The first-order chi connectivity index (χ1) is 13.5. The Hall–Kier alpha value is -3.81. The third kappa shape index (κ3) is 4.12. The highest BCUT2D eigenvalue weighted by molar-refractivity contribution is 6.38. The molecule has 1 atom stereocenters. The number of hydrogen-bond donors (Lipinski definition) is 2. The van der Waals surface area contributed by atoms with Crippen LogP contribution in [0, 0.1) is 6.92 Å². The number of pyridine rings is 1. The summed E-state index contributed by atoms with van der Waals surface area (Å²) in [6.07, 6.45) is 1.70. The number of rotatable bonds is 7. The maximum Gasteiger partial charge on any atom is 0.287 e.